The molecule has 0 unspecified atom stereocenters. The molecule has 0 saturated heterocycles. The van der Waals surface area contributed by atoms with Crippen molar-refractivity contribution in [2.75, 3.05) is 13.7 Å². The standard InChI is InChI=1S/C19H34N2O6/c1-18(2)8-6-7-9-19(3,4)17(18)26-11-13(21)16(24)27-15(23)12(20)10-14(22)25-5/h12-13,17H,6-11,20-21H2,1-5H3/t12-,13-/m0/s1. The van der Waals surface area contributed by atoms with Crippen LogP contribution in [0, 0.1) is 10.8 Å². The molecule has 1 aliphatic rings. The van der Waals surface area contributed by atoms with Gasteiger partial charge in [-0.05, 0) is 23.7 Å². The summed E-state index contributed by atoms with van der Waals surface area (Å²) in [5.74, 6) is -2.61. The first-order chi connectivity index (χ1) is 12.4. The first-order valence-electron chi connectivity index (χ1n) is 9.36. The van der Waals surface area contributed by atoms with Crippen molar-refractivity contribution in [2.45, 2.75) is 78.0 Å². The zero-order valence-corrected chi connectivity index (χ0v) is 17.1. The lowest BCUT2D eigenvalue weighted by Gasteiger charge is -2.42. The molecule has 1 aliphatic carbocycles. The second-order valence-corrected chi connectivity index (χ2v) is 8.63. The van der Waals surface area contributed by atoms with Gasteiger partial charge in [0.2, 0.25) is 0 Å². The van der Waals surface area contributed by atoms with Gasteiger partial charge < -0.3 is 25.7 Å². The van der Waals surface area contributed by atoms with Crippen LogP contribution in [0.25, 0.3) is 0 Å². The summed E-state index contributed by atoms with van der Waals surface area (Å²) in [6.45, 7) is 8.57. The van der Waals surface area contributed by atoms with Crippen LogP contribution in [0.1, 0.15) is 59.8 Å². The predicted octanol–water partition coefficient (Wildman–Crippen LogP) is 1.29. The number of esters is 3. The molecular formula is C19H34N2O6. The smallest absolute Gasteiger partial charge is 0.333 e. The maximum atomic E-state index is 12.1. The van der Waals surface area contributed by atoms with E-state index in [2.05, 4.69) is 37.2 Å². The maximum Gasteiger partial charge on any atom is 0.333 e. The summed E-state index contributed by atoms with van der Waals surface area (Å²) in [5, 5.41) is 0. The van der Waals surface area contributed by atoms with E-state index in [1.807, 2.05) is 0 Å². The van der Waals surface area contributed by atoms with Gasteiger partial charge in [0, 0.05) is 0 Å². The highest BCUT2D eigenvalue weighted by Crippen LogP contribution is 2.45. The first kappa shape index (κ1) is 23.5. The molecule has 0 aromatic carbocycles. The molecule has 8 heteroatoms. The topological polar surface area (TPSA) is 131 Å². The highest BCUT2D eigenvalue weighted by Gasteiger charge is 2.43. The van der Waals surface area contributed by atoms with Crippen LogP contribution in [0.3, 0.4) is 0 Å². The molecule has 0 amide bonds. The second-order valence-electron chi connectivity index (χ2n) is 8.63. The molecular weight excluding hydrogens is 352 g/mol. The van der Waals surface area contributed by atoms with E-state index in [-0.39, 0.29) is 30.0 Å². The van der Waals surface area contributed by atoms with Gasteiger partial charge in [-0.15, -0.1) is 0 Å². The zero-order valence-electron chi connectivity index (χ0n) is 17.1. The van der Waals surface area contributed by atoms with Crippen LogP contribution in [0.2, 0.25) is 0 Å². The average Bonchev–Trinajstić information content (AvgIpc) is 2.67. The fourth-order valence-corrected chi connectivity index (χ4v) is 3.80. The van der Waals surface area contributed by atoms with Crippen molar-refractivity contribution < 1.29 is 28.6 Å². The predicted molar refractivity (Wildman–Crippen MR) is 99.5 cm³/mol. The molecule has 0 radical (unpaired) electrons. The van der Waals surface area contributed by atoms with Crippen LogP contribution in [-0.4, -0.2) is 49.8 Å². The van der Waals surface area contributed by atoms with Crippen LogP contribution in [-0.2, 0) is 28.6 Å². The van der Waals surface area contributed by atoms with Crippen molar-refractivity contribution in [3.05, 3.63) is 0 Å². The highest BCUT2D eigenvalue weighted by molar-refractivity contribution is 5.92. The molecule has 0 spiro atoms. The first-order valence-corrected chi connectivity index (χ1v) is 9.36. The van der Waals surface area contributed by atoms with Gasteiger partial charge in [-0.25, -0.2) is 9.59 Å². The van der Waals surface area contributed by atoms with Gasteiger partial charge in [0.1, 0.15) is 12.1 Å². The number of carbonyl (C=O) groups excluding carboxylic acids is 3. The Hall–Kier alpha value is -1.51. The summed E-state index contributed by atoms with van der Waals surface area (Å²) >= 11 is 0. The van der Waals surface area contributed by atoms with Gasteiger partial charge >= 0.3 is 17.9 Å². The molecule has 0 aliphatic heterocycles. The third-order valence-electron chi connectivity index (χ3n) is 5.18. The van der Waals surface area contributed by atoms with Crippen LogP contribution < -0.4 is 11.5 Å². The van der Waals surface area contributed by atoms with Gasteiger partial charge in [0.15, 0.2) is 0 Å². The van der Waals surface area contributed by atoms with Crippen LogP contribution >= 0.6 is 0 Å². The van der Waals surface area contributed by atoms with Crippen LogP contribution in [0.15, 0.2) is 0 Å². The zero-order chi connectivity index (χ0) is 20.8. The Morgan fingerprint density at radius 2 is 1.44 bits per heavy atom. The minimum absolute atomic E-state index is 0.0533. The third kappa shape index (κ3) is 6.86. The number of ether oxygens (including phenoxy) is 3. The van der Waals surface area contributed by atoms with E-state index in [4.69, 9.17) is 16.2 Å². The van der Waals surface area contributed by atoms with E-state index in [1.54, 1.807) is 0 Å². The van der Waals surface area contributed by atoms with Gasteiger partial charge in [-0.1, -0.05) is 40.5 Å². The summed E-state index contributed by atoms with van der Waals surface area (Å²) in [5.41, 5.74) is 11.3. The Bertz CT molecular complexity index is 528. The Morgan fingerprint density at radius 3 is 1.93 bits per heavy atom. The molecule has 0 aromatic rings. The van der Waals surface area contributed by atoms with E-state index in [0.29, 0.717) is 0 Å². The van der Waals surface area contributed by atoms with E-state index < -0.39 is 30.0 Å². The minimum Gasteiger partial charge on any atom is -0.469 e. The van der Waals surface area contributed by atoms with E-state index in [0.717, 1.165) is 25.7 Å². The minimum atomic E-state index is -1.28. The fourth-order valence-electron chi connectivity index (χ4n) is 3.80. The quantitative estimate of drug-likeness (QED) is 0.380. The summed E-state index contributed by atoms with van der Waals surface area (Å²) in [4.78, 5) is 35.0. The Balaban J connectivity index is 2.61. The largest absolute Gasteiger partial charge is 0.469 e. The molecule has 1 rings (SSSR count). The summed E-state index contributed by atoms with van der Waals surface area (Å²) < 4.78 is 15.2. The number of methoxy groups -OCH3 is 1. The summed E-state index contributed by atoms with van der Waals surface area (Å²) in [6, 6.07) is -2.40. The van der Waals surface area contributed by atoms with Gasteiger partial charge in [-0.2, -0.15) is 0 Å². The molecule has 156 valence electrons. The number of hydrogen-bond donors (Lipinski definition) is 2. The molecule has 1 saturated carbocycles. The molecule has 27 heavy (non-hydrogen) atoms. The molecule has 8 nitrogen and oxygen atoms in total. The average molecular weight is 386 g/mol. The SMILES string of the molecule is COC(=O)C[C@H](N)C(=O)OC(=O)[C@@H](N)COC1C(C)(C)CCCCC1(C)C. The molecule has 2 atom stereocenters. The van der Waals surface area contributed by atoms with Crippen molar-refractivity contribution in [3.8, 4) is 0 Å². The van der Waals surface area contributed by atoms with E-state index in [9.17, 15) is 14.4 Å². The van der Waals surface area contributed by atoms with Crippen LogP contribution in [0.5, 0.6) is 0 Å². The molecule has 0 heterocycles. The highest BCUT2D eigenvalue weighted by atomic mass is 16.6. The lowest BCUT2D eigenvalue weighted by atomic mass is 9.71. The molecule has 4 N–H and O–H groups in total. The van der Waals surface area contributed by atoms with Crippen molar-refractivity contribution in [3.63, 3.8) is 0 Å². The van der Waals surface area contributed by atoms with Gasteiger partial charge in [0.05, 0.1) is 26.2 Å². The number of carbonyl (C=O) groups is 3. The van der Waals surface area contributed by atoms with Gasteiger partial charge in [-0.3, -0.25) is 4.79 Å². The summed E-state index contributed by atoms with van der Waals surface area (Å²) in [6.07, 6.45) is 3.87. The fraction of sp³-hybridized carbons (Fsp3) is 0.842. The monoisotopic (exact) mass is 386 g/mol. The van der Waals surface area contributed by atoms with Crippen molar-refractivity contribution in [1.82, 2.24) is 0 Å². The van der Waals surface area contributed by atoms with Gasteiger partial charge in [0.25, 0.3) is 0 Å². The Morgan fingerprint density at radius 1 is 0.963 bits per heavy atom. The number of rotatable bonds is 7. The van der Waals surface area contributed by atoms with Crippen LogP contribution in [0.4, 0.5) is 0 Å². The van der Waals surface area contributed by atoms with Crippen molar-refractivity contribution >= 4 is 17.9 Å². The van der Waals surface area contributed by atoms with Crippen molar-refractivity contribution in [1.29, 1.82) is 0 Å². The normalized spacial score (nSPS) is 21.6. The molecule has 1 fully saturated rings. The number of hydrogen-bond acceptors (Lipinski definition) is 8. The molecule has 0 bridgehead atoms. The van der Waals surface area contributed by atoms with E-state index >= 15 is 0 Å². The molecule has 0 aromatic heterocycles. The summed E-state index contributed by atoms with van der Waals surface area (Å²) in [7, 11) is 1.18. The maximum absolute atomic E-state index is 12.1. The second kappa shape index (κ2) is 9.61. The Labute approximate surface area is 161 Å². The lowest BCUT2D eigenvalue weighted by molar-refractivity contribution is -0.165. The third-order valence-corrected chi connectivity index (χ3v) is 5.18. The Kier molecular flexibility index (Phi) is 8.38. The van der Waals surface area contributed by atoms with Crippen molar-refractivity contribution in [2.24, 2.45) is 22.3 Å². The lowest BCUT2D eigenvalue weighted by Crippen LogP contribution is -2.47. The number of nitrogens with two attached hydrogens (primary N) is 2. The van der Waals surface area contributed by atoms with E-state index in [1.165, 1.54) is 7.11 Å².